The number of benzene rings is 1. The summed E-state index contributed by atoms with van der Waals surface area (Å²) < 4.78 is 10.7. The summed E-state index contributed by atoms with van der Waals surface area (Å²) in [5.41, 5.74) is 8.02. The smallest absolute Gasteiger partial charge is 0.164 e. The number of nitrogens with zero attached hydrogens (tertiary/aromatic N) is 1. The molecule has 5 nitrogen and oxygen atoms in total. The van der Waals surface area contributed by atoms with E-state index < -0.39 is 0 Å². The number of oxime groups is 1. The largest absolute Gasteiger partial charge is 0.493 e. The highest BCUT2D eigenvalue weighted by Crippen LogP contribution is 2.38. The zero-order valence-corrected chi connectivity index (χ0v) is 10.6. The molecule has 5 heteroatoms. The quantitative estimate of drug-likeness (QED) is 0.369. The molecule has 0 spiro atoms. The van der Waals surface area contributed by atoms with Gasteiger partial charge in [0, 0.05) is 11.5 Å². The van der Waals surface area contributed by atoms with Crippen LogP contribution in [0.3, 0.4) is 0 Å². The molecule has 98 valence electrons. The molecule has 1 aliphatic rings. The zero-order chi connectivity index (χ0) is 13.1. The van der Waals surface area contributed by atoms with Crippen LogP contribution in [0.2, 0.25) is 0 Å². The van der Waals surface area contributed by atoms with Crippen molar-refractivity contribution in [1.82, 2.24) is 0 Å². The minimum Gasteiger partial charge on any atom is -0.493 e. The third-order valence-corrected chi connectivity index (χ3v) is 3.49. The van der Waals surface area contributed by atoms with Crippen molar-refractivity contribution < 1.29 is 14.7 Å². The highest BCUT2D eigenvalue weighted by atomic mass is 16.5. The van der Waals surface area contributed by atoms with Gasteiger partial charge in [-0.1, -0.05) is 11.2 Å². The minimum atomic E-state index is 0.0978. The van der Waals surface area contributed by atoms with Crippen LogP contribution in [0.15, 0.2) is 17.3 Å². The third-order valence-electron chi connectivity index (χ3n) is 3.49. The molecule has 0 aliphatic heterocycles. The first-order valence-corrected chi connectivity index (χ1v) is 5.91. The first-order chi connectivity index (χ1) is 8.71. The molecule has 1 aromatic rings. The summed E-state index contributed by atoms with van der Waals surface area (Å²) in [6.07, 6.45) is 2.47. The number of methoxy groups -OCH3 is 2. The molecule has 0 bridgehead atoms. The van der Waals surface area contributed by atoms with Gasteiger partial charge in [0.1, 0.15) is 5.84 Å². The molecule has 0 heterocycles. The van der Waals surface area contributed by atoms with Gasteiger partial charge >= 0.3 is 0 Å². The summed E-state index contributed by atoms with van der Waals surface area (Å²) in [7, 11) is 3.28. The van der Waals surface area contributed by atoms with E-state index in [-0.39, 0.29) is 5.92 Å². The third kappa shape index (κ3) is 2.08. The topological polar surface area (TPSA) is 77.1 Å². The maximum Gasteiger partial charge on any atom is 0.164 e. The van der Waals surface area contributed by atoms with E-state index in [0.717, 1.165) is 30.8 Å². The van der Waals surface area contributed by atoms with Crippen LogP contribution in [0.1, 0.15) is 17.5 Å². The first kappa shape index (κ1) is 12.5. The second-order valence-corrected chi connectivity index (χ2v) is 4.40. The lowest BCUT2D eigenvalue weighted by molar-refractivity contribution is 0.312. The molecule has 0 radical (unpaired) electrons. The fourth-order valence-corrected chi connectivity index (χ4v) is 2.52. The summed E-state index contributed by atoms with van der Waals surface area (Å²) in [6, 6.07) is 3.92. The van der Waals surface area contributed by atoms with Gasteiger partial charge in [-0.3, -0.25) is 0 Å². The molecule has 0 amide bonds. The van der Waals surface area contributed by atoms with E-state index in [1.165, 1.54) is 11.1 Å². The second-order valence-electron chi connectivity index (χ2n) is 4.40. The van der Waals surface area contributed by atoms with Crippen molar-refractivity contribution in [3.05, 3.63) is 23.3 Å². The van der Waals surface area contributed by atoms with Crippen molar-refractivity contribution in [3.63, 3.8) is 0 Å². The maximum absolute atomic E-state index is 8.74. The Morgan fingerprint density at radius 3 is 2.78 bits per heavy atom. The van der Waals surface area contributed by atoms with Crippen LogP contribution in [-0.4, -0.2) is 25.3 Å². The molecule has 18 heavy (non-hydrogen) atoms. The number of rotatable bonds is 3. The number of nitrogens with two attached hydrogens (primary N) is 1. The lowest BCUT2D eigenvalue weighted by atomic mass is 9.82. The Morgan fingerprint density at radius 1 is 1.39 bits per heavy atom. The lowest BCUT2D eigenvalue weighted by Gasteiger charge is -2.25. The fraction of sp³-hybridized carbons (Fsp3) is 0.462. The molecule has 1 aliphatic carbocycles. The van der Waals surface area contributed by atoms with E-state index in [9.17, 15) is 0 Å². The standard InChI is InChI=1S/C13H18N2O3/c1-17-11-6-4-8-7-9(13(14)15-16)3-5-10(8)12(11)18-2/h4,6,9,16H,3,5,7H2,1-2H3,(H2,14,15). The van der Waals surface area contributed by atoms with Gasteiger partial charge in [0.25, 0.3) is 0 Å². The van der Waals surface area contributed by atoms with E-state index in [1.807, 2.05) is 12.1 Å². The molecule has 1 atom stereocenters. The maximum atomic E-state index is 8.74. The monoisotopic (exact) mass is 250 g/mol. The molecule has 2 rings (SSSR count). The second kappa shape index (κ2) is 5.16. The van der Waals surface area contributed by atoms with Crippen LogP contribution >= 0.6 is 0 Å². The summed E-state index contributed by atoms with van der Waals surface area (Å²) in [5.74, 6) is 1.95. The van der Waals surface area contributed by atoms with E-state index in [0.29, 0.717) is 5.84 Å². The summed E-state index contributed by atoms with van der Waals surface area (Å²) in [6.45, 7) is 0. The van der Waals surface area contributed by atoms with Crippen molar-refractivity contribution >= 4 is 5.84 Å². The molecule has 3 N–H and O–H groups in total. The Morgan fingerprint density at radius 2 is 2.17 bits per heavy atom. The lowest BCUT2D eigenvalue weighted by Crippen LogP contribution is -2.29. The van der Waals surface area contributed by atoms with Crippen LogP contribution in [0.4, 0.5) is 0 Å². The SMILES string of the molecule is COc1ccc2c(c1OC)CCC(/C(N)=N/O)C2. The van der Waals surface area contributed by atoms with Crippen molar-refractivity contribution in [2.45, 2.75) is 19.3 Å². The van der Waals surface area contributed by atoms with Gasteiger partial charge in [-0.15, -0.1) is 0 Å². The van der Waals surface area contributed by atoms with E-state index >= 15 is 0 Å². The van der Waals surface area contributed by atoms with Crippen LogP contribution in [0.25, 0.3) is 0 Å². The Hall–Kier alpha value is -1.91. The summed E-state index contributed by atoms with van der Waals surface area (Å²) >= 11 is 0. The molecule has 0 fully saturated rings. The Bertz CT molecular complexity index is 472. The summed E-state index contributed by atoms with van der Waals surface area (Å²) in [5, 5.41) is 11.8. The van der Waals surface area contributed by atoms with E-state index in [2.05, 4.69) is 5.16 Å². The average molecular weight is 250 g/mol. The average Bonchev–Trinajstić information content (AvgIpc) is 2.44. The van der Waals surface area contributed by atoms with Crippen molar-refractivity contribution in [1.29, 1.82) is 0 Å². The van der Waals surface area contributed by atoms with Gasteiger partial charge in [0.05, 0.1) is 14.2 Å². The number of hydrogen-bond acceptors (Lipinski definition) is 4. The first-order valence-electron chi connectivity index (χ1n) is 5.91. The zero-order valence-electron chi connectivity index (χ0n) is 10.6. The molecule has 0 saturated heterocycles. The van der Waals surface area contributed by atoms with Crippen LogP contribution < -0.4 is 15.2 Å². The highest BCUT2D eigenvalue weighted by molar-refractivity contribution is 5.83. The van der Waals surface area contributed by atoms with Gasteiger partial charge in [-0.25, -0.2) is 0 Å². The van der Waals surface area contributed by atoms with E-state index in [1.54, 1.807) is 14.2 Å². The molecule has 1 aromatic carbocycles. The molecular formula is C13H18N2O3. The van der Waals surface area contributed by atoms with Crippen molar-refractivity contribution in [2.24, 2.45) is 16.8 Å². The number of hydrogen-bond donors (Lipinski definition) is 2. The van der Waals surface area contributed by atoms with E-state index in [4.69, 9.17) is 20.4 Å². The number of amidine groups is 1. The van der Waals surface area contributed by atoms with Crippen molar-refractivity contribution in [2.75, 3.05) is 14.2 Å². The molecule has 0 saturated carbocycles. The Kier molecular flexibility index (Phi) is 3.60. The van der Waals surface area contributed by atoms with Crippen LogP contribution in [0.5, 0.6) is 11.5 Å². The van der Waals surface area contributed by atoms with Gasteiger partial charge < -0.3 is 20.4 Å². The Balaban J connectivity index is 2.35. The number of ether oxygens (including phenoxy) is 2. The van der Waals surface area contributed by atoms with Gasteiger partial charge in [-0.05, 0) is 30.9 Å². The van der Waals surface area contributed by atoms with Gasteiger partial charge in [-0.2, -0.15) is 0 Å². The van der Waals surface area contributed by atoms with Gasteiger partial charge in [0.15, 0.2) is 11.5 Å². The van der Waals surface area contributed by atoms with Crippen LogP contribution in [-0.2, 0) is 12.8 Å². The van der Waals surface area contributed by atoms with Gasteiger partial charge in [0.2, 0.25) is 0 Å². The van der Waals surface area contributed by atoms with Crippen LogP contribution in [0, 0.1) is 5.92 Å². The predicted octanol–water partition coefficient (Wildman–Crippen LogP) is 1.56. The predicted molar refractivity (Wildman–Crippen MR) is 68.5 cm³/mol. The summed E-state index contributed by atoms with van der Waals surface area (Å²) in [4.78, 5) is 0. The molecule has 0 aromatic heterocycles. The molecular weight excluding hydrogens is 232 g/mol. The van der Waals surface area contributed by atoms with Crippen molar-refractivity contribution in [3.8, 4) is 11.5 Å². The minimum absolute atomic E-state index is 0.0978. The molecule has 1 unspecified atom stereocenters. The normalized spacial score (nSPS) is 19.2. The number of fused-ring (bicyclic) bond motifs is 1. The Labute approximate surface area is 106 Å². The fourth-order valence-electron chi connectivity index (χ4n) is 2.52. The highest BCUT2D eigenvalue weighted by Gasteiger charge is 2.25.